The number of methoxy groups -OCH3 is 1. The van der Waals surface area contributed by atoms with E-state index in [1.807, 2.05) is 6.20 Å². The van der Waals surface area contributed by atoms with Crippen LogP contribution in [-0.2, 0) is 9.57 Å². The first-order valence-electron chi connectivity index (χ1n) is 10.9. The van der Waals surface area contributed by atoms with Gasteiger partial charge >= 0.3 is 5.88 Å². The Kier molecular flexibility index (Phi) is 6.48. The molecule has 3 aliphatic heterocycles. The second-order valence-electron chi connectivity index (χ2n) is 8.24. The molecule has 0 amide bonds. The van der Waals surface area contributed by atoms with Crippen LogP contribution in [-0.4, -0.2) is 60.1 Å². The molecule has 7 nitrogen and oxygen atoms in total. The number of quaternary nitrogens is 1. The zero-order valence-corrected chi connectivity index (χ0v) is 19.1. The summed E-state index contributed by atoms with van der Waals surface area (Å²) >= 11 is 0. The number of likely N-dealkylation sites (tertiary alicyclic amines) is 1. The van der Waals surface area contributed by atoms with Crippen molar-refractivity contribution in [3.8, 4) is 0 Å². The predicted molar refractivity (Wildman–Crippen MR) is 123 cm³/mol. The first-order chi connectivity index (χ1) is 14.8. The molecule has 1 unspecified atom stereocenters. The van der Waals surface area contributed by atoms with Gasteiger partial charge in [-0.15, -0.1) is 17.5 Å². The van der Waals surface area contributed by atoms with E-state index in [4.69, 9.17) is 9.57 Å². The van der Waals surface area contributed by atoms with Gasteiger partial charge in [-0.25, -0.2) is 0 Å². The topological polar surface area (TPSA) is 59.5 Å². The summed E-state index contributed by atoms with van der Waals surface area (Å²) in [5, 5.41) is 14.4. The molecule has 0 bridgehead atoms. The molecular weight excluding hydrogens is 414 g/mol. The summed E-state index contributed by atoms with van der Waals surface area (Å²) in [5.74, 6) is 1.58. The largest absolute Gasteiger partial charge is 0.452 e. The van der Waals surface area contributed by atoms with Gasteiger partial charge in [0.05, 0.1) is 30.9 Å². The maximum atomic E-state index is 6.08. The molecule has 5 rings (SSSR count). The number of hydrogen-bond donors (Lipinski definition) is 1. The maximum Gasteiger partial charge on any atom is 0.335 e. The summed E-state index contributed by atoms with van der Waals surface area (Å²) < 4.78 is 5.91. The van der Waals surface area contributed by atoms with E-state index in [1.54, 1.807) is 14.2 Å². The molecule has 1 saturated heterocycles. The lowest BCUT2D eigenvalue weighted by atomic mass is 9.91. The SMILES string of the molecule is COC1=CC2=C(C=CCC2)C2=c3c(NCCN4CCCCC4)nncc3=C[N+]12OC.Cl. The van der Waals surface area contributed by atoms with Crippen molar-refractivity contribution in [1.29, 1.82) is 0 Å². The lowest BCUT2D eigenvalue weighted by Gasteiger charge is -2.34. The van der Waals surface area contributed by atoms with Crippen LogP contribution in [0.15, 0.2) is 41.5 Å². The van der Waals surface area contributed by atoms with E-state index in [0.29, 0.717) is 0 Å². The number of nitrogens with one attached hydrogen (secondary N) is 1. The third-order valence-corrected chi connectivity index (χ3v) is 6.53. The Morgan fingerprint density at radius 1 is 1.19 bits per heavy atom. The van der Waals surface area contributed by atoms with Gasteiger partial charge < -0.3 is 15.0 Å². The molecule has 1 N–H and O–H groups in total. The normalized spacial score (nSPS) is 24.5. The second kappa shape index (κ2) is 9.12. The van der Waals surface area contributed by atoms with Crippen LogP contribution in [0.2, 0.25) is 0 Å². The number of nitrogens with zero attached hydrogens (tertiary/aromatic N) is 4. The van der Waals surface area contributed by atoms with Crippen molar-refractivity contribution in [1.82, 2.24) is 15.1 Å². The van der Waals surface area contributed by atoms with Gasteiger partial charge in [-0.2, -0.15) is 9.94 Å². The minimum Gasteiger partial charge on any atom is -0.452 e. The Balaban J connectivity index is 0.00000231. The first-order valence-corrected chi connectivity index (χ1v) is 10.9. The molecular formula is C23H31ClN5O2+. The minimum absolute atomic E-state index is 0. The van der Waals surface area contributed by atoms with Gasteiger partial charge in [0.1, 0.15) is 0 Å². The zero-order valence-electron chi connectivity index (χ0n) is 18.3. The Morgan fingerprint density at radius 2 is 2.03 bits per heavy atom. The highest BCUT2D eigenvalue weighted by Crippen LogP contribution is 2.43. The van der Waals surface area contributed by atoms with E-state index in [1.165, 1.54) is 43.5 Å². The quantitative estimate of drug-likeness (QED) is 0.679. The Labute approximate surface area is 189 Å². The van der Waals surface area contributed by atoms with Gasteiger partial charge in [0, 0.05) is 24.7 Å². The molecule has 1 aromatic heterocycles. The average molecular weight is 445 g/mol. The van der Waals surface area contributed by atoms with Crippen LogP contribution >= 0.6 is 12.4 Å². The Bertz CT molecular complexity index is 1060. The number of allylic oxidation sites excluding steroid dienone is 3. The van der Waals surface area contributed by atoms with E-state index >= 15 is 0 Å². The van der Waals surface area contributed by atoms with Crippen molar-refractivity contribution in [2.24, 2.45) is 0 Å². The van der Waals surface area contributed by atoms with Crippen molar-refractivity contribution in [3.05, 3.63) is 51.9 Å². The number of halogens is 1. The number of aromatic nitrogens is 2. The number of fused-ring (bicyclic) bond motifs is 3. The minimum atomic E-state index is 0. The molecule has 0 spiro atoms. The smallest absolute Gasteiger partial charge is 0.335 e. The van der Waals surface area contributed by atoms with Gasteiger partial charge in [0.15, 0.2) is 17.7 Å². The fraction of sp³-hybridized carbons (Fsp3) is 0.478. The van der Waals surface area contributed by atoms with Crippen molar-refractivity contribution in [2.75, 3.05) is 45.7 Å². The lowest BCUT2D eigenvalue weighted by Crippen LogP contribution is -2.42. The van der Waals surface area contributed by atoms with E-state index in [-0.39, 0.29) is 17.1 Å². The molecule has 166 valence electrons. The molecule has 4 aliphatic rings. The molecule has 1 fully saturated rings. The maximum absolute atomic E-state index is 6.08. The summed E-state index contributed by atoms with van der Waals surface area (Å²) in [6, 6.07) is 0. The van der Waals surface area contributed by atoms with Gasteiger partial charge in [-0.05, 0) is 44.3 Å². The average Bonchev–Trinajstić information content (AvgIpc) is 3.16. The van der Waals surface area contributed by atoms with Crippen LogP contribution in [0.25, 0.3) is 11.9 Å². The molecule has 4 heterocycles. The molecule has 8 heteroatoms. The number of piperidine rings is 1. The monoisotopic (exact) mass is 444 g/mol. The van der Waals surface area contributed by atoms with Crippen LogP contribution in [0, 0.1) is 0 Å². The molecule has 31 heavy (non-hydrogen) atoms. The first kappa shape index (κ1) is 22.0. The van der Waals surface area contributed by atoms with Crippen LogP contribution in [0.1, 0.15) is 32.1 Å². The summed E-state index contributed by atoms with van der Waals surface area (Å²) in [7, 11) is 3.43. The molecule has 1 aromatic rings. The highest BCUT2D eigenvalue weighted by molar-refractivity contribution is 5.85. The number of hydrogen-bond acceptors (Lipinski definition) is 6. The number of ether oxygens (including phenoxy) is 1. The van der Waals surface area contributed by atoms with Crippen molar-refractivity contribution < 1.29 is 14.2 Å². The lowest BCUT2D eigenvalue weighted by molar-refractivity contribution is -0.962. The Morgan fingerprint density at radius 3 is 2.81 bits per heavy atom. The van der Waals surface area contributed by atoms with Gasteiger partial charge in [0.25, 0.3) is 0 Å². The fourth-order valence-corrected chi connectivity index (χ4v) is 5.04. The molecule has 1 aliphatic carbocycles. The number of rotatable bonds is 6. The van der Waals surface area contributed by atoms with E-state index in [0.717, 1.165) is 53.8 Å². The van der Waals surface area contributed by atoms with Crippen LogP contribution in [0.5, 0.6) is 0 Å². The Hall–Kier alpha value is -2.19. The standard InChI is InChI=1S/C23H30N5O2.ClH/c1-29-20-14-17-8-4-5-9-19(17)22-21-18(16-28(20,22)30-2)15-25-26-23(21)24-10-13-27-11-6-3-7-12-27;/h5,9,14-16H,3-4,6-8,10-13H2,1-2H3,(H,24,26);1H/q+1;. The third-order valence-electron chi connectivity index (χ3n) is 6.53. The van der Waals surface area contributed by atoms with Crippen molar-refractivity contribution in [3.63, 3.8) is 0 Å². The molecule has 1 atom stereocenters. The van der Waals surface area contributed by atoms with Crippen LogP contribution < -0.4 is 15.8 Å². The van der Waals surface area contributed by atoms with E-state index < -0.39 is 0 Å². The van der Waals surface area contributed by atoms with Crippen LogP contribution in [0.3, 0.4) is 0 Å². The highest BCUT2D eigenvalue weighted by Gasteiger charge is 2.49. The summed E-state index contributed by atoms with van der Waals surface area (Å²) in [4.78, 5) is 8.61. The summed E-state index contributed by atoms with van der Waals surface area (Å²) in [6.07, 6.45) is 16.4. The van der Waals surface area contributed by atoms with Crippen LogP contribution in [0.4, 0.5) is 5.82 Å². The molecule has 0 radical (unpaired) electrons. The third kappa shape index (κ3) is 3.69. The second-order valence-corrected chi connectivity index (χ2v) is 8.24. The van der Waals surface area contributed by atoms with Gasteiger partial charge in [0.2, 0.25) is 0 Å². The predicted octanol–water partition coefficient (Wildman–Crippen LogP) is 2.18. The molecule has 0 aromatic carbocycles. The zero-order chi connectivity index (χ0) is 20.6. The van der Waals surface area contributed by atoms with Crippen molar-refractivity contribution >= 4 is 30.1 Å². The summed E-state index contributed by atoms with van der Waals surface area (Å²) in [6.45, 7) is 4.25. The number of hydroxylamine groups is 3. The van der Waals surface area contributed by atoms with Gasteiger partial charge in [-0.1, -0.05) is 23.2 Å². The highest BCUT2D eigenvalue weighted by atomic mass is 35.5. The van der Waals surface area contributed by atoms with Crippen molar-refractivity contribution in [2.45, 2.75) is 32.1 Å². The van der Waals surface area contributed by atoms with E-state index in [2.05, 4.69) is 44.8 Å². The van der Waals surface area contributed by atoms with Gasteiger partial charge in [-0.3, -0.25) is 0 Å². The van der Waals surface area contributed by atoms with E-state index in [9.17, 15) is 0 Å². The number of anilines is 1. The summed E-state index contributed by atoms with van der Waals surface area (Å²) in [5.41, 5.74) is 3.55. The molecule has 0 saturated carbocycles. The fourth-order valence-electron chi connectivity index (χ4n) is 5.04.